The van der Waals surface area contributed by atoms with Crippen LogP contribution in [0.4, 0.5) is 4.79 Å². The molecule has 1 aliphatic heterocycles. The molecule has 0 unspecified atom stereocenters. The quantitative estimate of drug-likeness (QED) is 0.758. The molecular formula is C19H29N3O3. The van der Waals surface area contributed by atoms with E-state index in [0.29, 0.717) is 6.54 Å². The van der Waals surface area contributed by atoms with Crippen molar-refractivity contribution < 1.29 is 14.7 Å². The van der Waals surface area contributed by atoms with E-state index >= 15 is 0 Å². The van der Waals surface area contributed by atoms with Gasteiger partial charge in [-0.25, -0.2) is 9.59 Å². The summed E-state index contributed by atoms with van der Waals surface area (Å²) in [4.78, 5) is 27.6. The van der Waals surface area contributed by atoms with Crippen molar-refractivity contribution in [3.05, 3.63) is 35.4 Å². The molecule has 1 saturated heterocycles. The lowest BCUT2D eigenvalue weighted by Crippen LogP contribution is -2.45. The smallest absolute Gasteiger partial charge is 0.335 e. The predicted molar refractivity (Wildman–Crippen MR) is 97.8 cm³/mol. The van der Waals surface area contributed by atoms with E-state index < -0.39 is 5.97 Å². The largest absolute Gasteiger partial charge is 0.478 e. The van der Waals surface area contributed by atoms with Gasteiger partial charge in [0.15, 0.2) is 0 Å². The summed E-state index contributed by atoms with van der Waals surface area (Å²) in [5, 5.41) is 11.9. The molecule has 0 spiro atoms. The normalized spacial score (nSPS) is 14.9. The Morgan fingerprint density at radius 1 is 1.12 bits per heavy atom. The number of carbonyl (C=O) groups excluding carboxylic acids is 1. The zero-order valence-electron chi connectivity index (χ0n) is 15.0. The Balaban J connectivity index is 1.81. The molecule has 138 valence electrons. The summed E-state index contributed by atoms with van der Waals surface area (Å²) in [5.41, 5.74) is 1.15. The molecule has 25 heavy (non-hydrogen) atoms. The second-order valence-electron chi connectivity index (χ2n) is 6.55. The van der Waals surface area contributed by atoms with Crippen LogP contribution in [0.2, 0.25) is 0 Å². The highest BCUT2D eigenvalue weighted by Crippen LogP contribution is 2.09. The van der Waals surface area contributed by atoms with Crippen molar-refractivity contribution in [2.45, 2.75) is 39.2 Å². The van der Waals surface area contributed by atoms with Gasteiger partial charge in [0.1, 0.15) is 0 Å². The number of carboxylic acids is 1. The first-order chi connectivity index (χ1) is 12.1. The first-order valence-corrected chi connectivity index (χ1v) is 9.17. The minimum atomic E-state index is -0.942. The summed E-state index contributed by atoms with van der Waals surface area (Å²) in [5.74, 6) is -0.942. The first-order valence-electron chi connectivity index (χ1n) is 9.17. The molecule has 0 aromatic heterocycles. The van der Waals surface area contributed by atoms with E-state index in [0.717, 1.165) is 44.7 Å². The lowest BCUT2D eigenvalue weighted by Gasteiger charge is -2.30. The Labute approximate surface area is 149 Å². The predicted octanol–water partition coefficient (Wildman–Crippen LogP) is 2.79. The summed E-state index contributed by atoms with van der Waals surface area (Å²) >= 11 is 0. The Morgan fingerprint density at radius 3 is 2.40 bits per heavy atom. The number of carbonyl (C=O) groups is 2. The van der Waals surface area contributed by atoms with Gasteiger partial charge in [-0.2, -0.15) is 0 Å². The van der Waals surface area contributed by atoms with Gasteiger partial charge in [0.25, 0.3) is 0 Å². The van der Waals surface area contributed by atoms with E-state index in [4.69, 9.17) is 5.11 Å². The molecule has 0 atom stereocenters. The molecule has 2 N–H and O–H groups in total. The molecule has 0 radical (unpaired) electrons. The fourth-order valence-electron chi connectivity index (χ4n) is 3.08. The van der Waals surface area contributed by atoms with Crippen LogP contribution < -0.4 is 5.32 Å². The molecule has 1 fully saturated rings. The van der Waals surface area contributed by atoms with Gasteiger partial charge in [-0.1, -0.05) is 25.5 Å². The van der Waals surface area contributed by atoms with Crippen molar-refractivity contribution in [3.8, 4) is 0 Å². The number of rotatable bonds is 8. The third-order valence-electron chi connectivity index (χ3n) is 4.56. The molecule has 1 aromatic rings. The minimum absolute atomic E-state index is 0.0545. The topological polar surface area (TPSA) is 72.9 Å². The average molecular weight is 347 g/mol. The number of urea groups is 1. The fourth-order valence-corrected chi connectivity index (χ4v) is 3.08. The van der Waals surface area contributed by atoms with Crippen LogP contribution in [0, 0.1) is 0 Å². The number of nitrogens with one attached hydrogen (secondary N) is 1. The van der Waals surface area contributed by atoms with Crippen molar-refractivity contribution in [2.75, 3.05) is 32.7 Å². The summed E-state index contributed by atoms with van der Waals surface area (Å²) in [7, 11) is 0. The number of likely N-dealkylation sites (tertiary alicyclic amines) is 1. The van der Waals surface area contributed by atoms with Crippen molar-refractivity contribution in [2.24, 2.45) is 0 Å². The molecule has 1 heterocycles. The van der Waals surface area contributed by atoms with Gasteiger partial charge in [-0.05, 0) is 50.0 Å². The number of carboxylic acid groups (broad SMARTS) is 1. The molecular weight excluding hydrogens is 318 g/mol. The van der Waals surface area contributed by atoms with Crippen LogP contribution in [-0.2, 0) is 6.54 Å². The number of amides is 2. The molecule has 2 rings (SSSR count). The van der Waals surface area contributed by atoms with E-state index in [1.807, 2.05) is 4.90 Å². The minimum Gasteiger partial charge on any atom is -0.478 e. The highest BCUT2D eigenvalue weighted by Gasteiger charge is 2.15. The standard InChI is InChI=1S/C19H29N3O3/c1-2-10-22(14-13-21-11-4-3-5-12-21)19(25)20-15-16-6-8-17(9-7-16)18(23)24/h6-9H,2-5,10-15H2,1H3,(H,20,25)(H,23,24). The summed E-state index contributed by atoms with van der Waals surface area (Å²) < 4.78 is 0. The van der Waals surface area contributed by atoms with Gasteiger partial charge in [-0.15, -0.1) is 0 Å². The van der Waals surface area contributed by atoms with E-state index in [1.165, 1.54) is 19.3 Å². The Morgan fingerprint density at radius 2 is 1.80 bits per heavy atom. The van der Waals surface area contributed by atoms with Crippen molar-refractivity contribution in [1.82, 2.24) is 15.1 Å². The Bertz CT molecular complexity index is 554. The van der Waals surface area contributed by atoms with Crippen LogP contribution in [0.5, 0.6) is 0 Å². The van der Waals surface area contributed by atoms with Crippen LogP contribution in [0.3, 0.4) is 0 Å². The van der Waals surface area contributed by atoms with E-state index in [1.54, 1.807) is 24.3 Å². The van der Waals surface area contributed by atoms with Crippen molar-refractivity contribution in [1.29, 1.82) is 0 Å². The lowest BCUT2D eigenvalue weighted by molar-refractivity contribution is 0.0697. The number of benzene rings is 1. The molecule has 6 nitrogen and oxygen atoms in total. The van der Waals surface area contributed by atoms with E-state index in [2.05, 4.69) is 17.1 Å². The number of hydrogen-bond acceptors (Lipinski definition) is 3. The number of aromatic carboxylic acids is 1. The zero-order chi connectivity index (χ0) is 18.1. The lowest BCUT2D eigenvalue weighted by atomic mass is 10.1. The maximum Gasteiger partial charge on any atom is 0.335 e. The first kappa shape index (κ1) is 19.2. The zero-order valence-corrected chi connectivity index (χ0v) is 15.0. The van der Waals surface area contributed by atoms with Gasteiger partial charge in [-0.3, -0.25) is 0 Å². The fraction of sp³-hybridized carbons (Fsp3) is 0.579. The van der Waals surface area contributed by atoms with Gasteiger partial charge in [0.05, 0.1) is 5.56 Å². The van der Waals surface area contributed by atoms with E-state index in [9.17, 15) is 9.59 Å². The molecule has 1 aromatic carbocycles. The highest BCUT2D eigenvalue weighted by molar-refractivity contribution is 5.87. The van der Waals surface area contributed by atoms with Crippen LogP contribution in [0.25, 0.3) is 0 Å². The summed E-state index contributed by atoms with van der Waals surface area (Å²) in [6, 6.07) is 6.54. The van der Waals surface area contributed by atoms with E-state index in [-0.39, 0.29) is 11.6 Å². The third-order valence-corrected chi connectivity index (χ3v) is 4.56. The van der Waals surface area contributed by atoms with Gasteiger partial charge >= 0.3 is 12.0 Å². The van der Waals surface area contributed by atoms with Crippen LogP contribution in [-0.4, -0.2) is 59.6 Å². The summed E-state index contributed by atoms with van der Waals surface area (Å²) in [6.45, 7) is 7.18. The van der Waals surface area contributed by atoms with Crippen LogP contribution >= 0.6 is 0 Å². The molecule has 6 heteroatoms. The monoisotopic (exact) mass is 347 g/mol. The number of hydrogen-bond donors (Lipinski definition) is 2. The second-order valence-corrected chi connectivity index (χ2v) is 6.55. The second kappa shape index (κ2) is 10.0. The van der Waals surface area contributed by atoms with Crippen molar-refractivity contribution >= 4 is 12.0 Å². The Kier molecular flexibility index (Phi) is 7.73. The van der Waals surface area contributed by atoms with Crippen LogP contribution in [0.15, 0.2) is 24.3 Å². The number of piperidine rings is 1. The van der Waals surface area contributed by atoms with Gasteiger partial charge in [0, 0.05) is 26.2 Å². The molecule has 0 aliphatic carbocycles. The Hall–Kier alpha value is -2.08. The SMILES string of the molecule is CCCN(CCN1CCCCC1)C(=O)NCc1ccc(C(=O)O)cc1. The highest BCUT2D eigenvalue weighted by atomic mass is 16.4. The molecule has 1 aliphatic rings. The summed E-state index contributed by atoms with van der Waals surface area (Å²) in [6.07, 6.45) is 4.76. The van der Waals surface area contributed by atoms with Crippen LogP contribution in [0.1, 0.15) is 48.5 Å². The maximum atomic E-state index is 12.5. The third kappa shape index (κ3) is 6.38. The molecule has 0 bridgehead atoms. The maximum absolute atomic E-state index is 12.5. The van der Waals surface area contributed by atoms with Crippen molar-refractivity contribution in [3.63, 3.8) is 0 Å². The molecule has 0 saturated carbocycles. The molecule has 2 amide bonds. The number of nitrogens with zero attached hydrogens (tertiary/aromatic N) is 2. The van der Waals surface area contributed by atoms with Gasteiger partial charge < -0.3 is 20.2 Å². The average Bonchev–Trinajstić information content (AvgIpc) is 2.64. The van der Waals surface area contributed by atoms with Gasteiger partial charge in [0.2, 0.25) is 0 Å².